The molecule has 1 heterocycles. The van der Waals surface area contributed by atoms with Gasteiger partial charge in [0.05, 0.1) is 29.6 Å². The van der Waals surface area contributed by atoms with Crippen LogP contribution in [0.25, 0.3) is 11.3 Å². The lowest BCUT2D eigenvalue weighted by Crippen LogP contribution is -2.28. The van der Waals surface area contributed by atoms with Crippen LogP contribution in [0.3, 0.4) is 0 Å². The maximum Gasteiger partial charge on any atom is 0.416 e. The van der Waals surface area contributed by atoms with Gasteiger partial charge in [-0.3, -0.25) is 9.89 Å². The molecular weight excluding hydrogens is 359 g/mol. The fourth-order valence-corrected chi connectivity index (χ4v) is 2.45. The summed E-state index contributed by atoms with van der Waals surface area (Å²) in [5.41, 5.74) is 1.10. The lowest BCUT2D eigenvalue weighted by molar-refractivity contribution is -0.137. The molecule has 0 spiro atoms. The summed E-state index contributed by atoms with van der Waals surface area (Å²) in [5, 5.41) is 9.41. The Hall–Kier alpha value is -3.29. The normalized spacial score (nSPS) is 11.2. The number of ether oxygens (including phenoxy) is 1. The van der Waals surface area contributed by atoms with Crippen molar-refractivity contribution in [3.05, 3.63) is 71.9 Å². The van der Waals surface area contributed by atoms with E-state index in [0.29, 0.717) is 17.0 Å². The van der Waals surface area contributed by atoms with Crippen molar-refractivity contribution in [1.82, 2.24) is 15.5 Å². The van der Waals surface area contributed by atoms with Crippen LogP contribution in [0, 0.1) is 0 Å². The van der Waals surface area contributed by atoms with Crippen molar-refractivity contribution in [1.29, 1.82) is 0 Å². The molecule has 8 heteroatoms. The number of benzene rings is 2. The molecule has 2 aromatic carbocycles. The number of aromatic nitrogens is 2. The molecule has 0 unspecified atom stereocenters. The maximum atomic E-state index is 12.5. The summed E-state index contributed by atoms with van der Waals surface area (Å²) >= 11 is 0. The Kier molecular flexibility index (Phi) is 5.44. The Morgan fingerprint density at radius 1 is 1.07 bits per heavy atom. The third kappa shape index (κ3) is 4.66. The van der Waals surface area contributed by atoms with Crippen LogP contribution >= 0.6 is 0 Å². The van der Waals surface area contributed by atoms with E-state index in [0.717, 1.165) is 17.7 Å². The molecule has 2 N–H and O–H groups in total. The third-order valence-electron chi connectivity index (χ3n) is 3.78. The molecule has 0 saturated heterocycles. The number of carbonyl (C=O) groups excluding carboxylic acids is 1. The van der Waals surface area contributed by atoms with Crippen molar-refractivity contribution in [3.8, 4) is 17.0 Å². The van der Waals surface area contributed by atoms with Gasteiger partial charge in [-0.2, -0.15) is 18.3 Å². The highest BCUT2D eigenvalue weighted by atomic mass is 19.4. The molecule has 0 atom stereocenters. The highest BCUT2D eigenvalue weighted by Crippen LogP contribution is 2.30. The lowest BCUT2D eigenvalue weighted by atomic mass is 10.1. The van der Waals surface area contributed by atoms with Crippen LogP contribution in [0.4, 0.5) is 13.2 Å². The van der Waals surface area contributed by atoms with Gasteiger partial charge in [0.25, 0.3) is 5.91 Å². The zero-order valence-corrected chi connectivity index (χ0v) is 14.1. The first-order valence-corrected chi connectivity index (χ1v) is 8.12. The van der Waals surface area contributed by atoms with E-state index in [1.807, 2.05) is 30.3 Å². The van der Waals surface area contributed by atoms with Crippen molar-refractivity contribution >= 4 is 5.91 Å². The van der Waals surface area contributed by atoms with Gasteiger partial charge >= 0.3 is 6.18 Å². The van der Waals surface area contributed by atoms with Gasteiger partial charge in [-0.1, -0.05) is 30.3 Å². The Morgan fingerprint density at radius 2 is 1.78 bits per heavy atom. The van der Waals surface area contributed by atoms with E-state index >= 15 is 0 Å². The molecule has 0 fully saturated rings. The molecule has 0 aliphatic carbocycles. The predicted octanol–water partition coefficient (Wildman–Crippen LogP) is 3.90. The number of halogens is 3. The van der Waals surface area contributed by atoms with Gasteiger partial charge < -0.3 is 10.1 Å². The number of rotatable bonds is 6. The first kappa shape index (κ1) is 18.5. The van der Waals surface area contributed by atoms with E-state index in [9.17, 15) is 18.0 Å². The molecule has 0 aliphatic rings. The van der Waals surface area contributed by atoms with Crippen LogP contribution in [0.15, 0.2) is 60.8 Å². The van der Waals surface area contributed by atoms with Crippen LogP contribution in [0.5, 0.6) is 5.75 Å². The molecule has 3 aromatic rings. The van der Waals surface area contributed by atoms with Gasteiger partial charge in [-0.05, 0) is 24.3 Å². The number of nitrogens with one attached hydrogen (secondary N) is 2. The zero-order chi connectivity index (χ0) is 19.3. The number of amides is 1. The topological polar surface area (TPSA) is 67.0 Å². The Morgan fingerprint density at radius 3 is 2.44 bits per heavy atom. The fourth-order valence-electron chi connectivity index (χ4n) is 2.45. The number of nitrogens with zero attached hydrogens (tertiary/aromatic N) is 1. The molecule has 27 heavy (non-hydrogen) atoms. The van der Waals surface area contributed by atoms with Gasteiger partial charge in [0, 0.05) is 5.56 Å². The minimum absolute atomic E-state index is 0.121. The predicted molar refractivity (Wildman–Crippen MR) is 93.3 cm³/mol. The average molecular weight is 375 g/mol. The molecule has 140 valence electrons. The van der Waals surface area contributed by atoms with Crippen molar-refractivity contribution in [2.24, 2.45) is 0 Å². The van der Waals surface area contributed by atoms with Crippen molar-refractivity contribution in [2.75, 3.05) is 13.2 Å². The van der Waals surface area contributed by atoms with Gasteiger partial charge in [0.15, 0.2) is 0 Å². The summed E-state index contributed by atoms with van der Waals surface area (Å²) in [6, 6.07) is 13.7. The SMILES string of the molecule is O=C(NCCOc1ccc(C(F)(F)F)cc1)c1cn[nH]c1-c1ccccc1. The van der Waals surface area contributed by atoms with Crippen molar-refractivity contribution in [2.45, 2.75) is 6.18 Å². The molecule has 0 bridgehead atoms. The Balaban J connectivity index is 1.52. The standard InChI is InChI=1S/C19H16F3N3O2/c20-19(21,22)14-6-8-15(9-7-14)27-11-10-23-18(26)16-12-24-25-17(16)13-4-2-1-3-5-13/h1-9,12H,10-11H2,(H,23,26)(H,24,25). The zero-order valence-electron chi connectivity index (χ0n) is 14.1. The molecule has 1 amide bonds. The van der Waals surface area contributed by atoms with Crippen molar-refractivity contribution < 1.29 is 22.7 Å². The van der Waals surface area contributed by atoms with Crippen LogP contribution in [0.2, 0.25) is 0 Å². The molecule has 5 nitrogen and oxygen atoms in total. The second-order valence-corrected chi connectivity index (χ2v) is 5.65. The first-order valence-electron chi connectivity index (χ1n) is 8.12. The van der Waals surface area contributed by atoms with Gasteiger partial charge in [-0.25, -0.2) is 0 Å². The molecule has 0 saturated carbocycles. The molecule has 0 radical (unpaired) electrons. The van der Waals surface area contributed by atoms with Gasteiger partial charge in [0.1, 0.15) is 12.4 Å². The summed E-state index contributed by atoms with van der Waals surface area (Å²) < 4.78 is 42.9. The number of alkyl halides is 3. The number of carbonyl (C=O) groups is 1. The maximum absolute atomic E-state index is 12.5. The largest absolute Gasteiger partial charge is 0.492 e. The van der Waals surface area contributed by atoms with E-state index in [2.05, 4.69) is 15.5 Å². The van der Waals surface area contributed by atoms with E-state index in [4.69, 9.17) is 4.74 Å². The highest BCUT2D eigenvalue weighted by molar-refractivity contribution is 5.99. The fraction of sp³-hybridized carbons (Fsp3) is 0.158. The third-order valence-corrected chi connectivity index (χ3v) is 3.78. The molecular formula is C19H16F3N3O2. The van der Waals surface area contributed by atoms with Gasteiger partial charge in [-0.15, -0.1) is 0 Å². The Bertz CT molecular complexity index is 891. The van der Waals surface area contributed by atoms with Crippen molar-refractivity contribution in [3.63, 3.8) is 0 Å². The van der Waals surface area contributed by atoms with Crippen LogP contribution in [-0.2, 0) is 6.18 Å². The first-order chi connectivity index (χ1) is 12.9. The molecule has 1 aromatic heterocycles. The monoisotopic (exact) mass is 375 g/mol. The van der Waals surface area contributed by atoms with E-state index in [1.54, 1.807) is 0 Å². The second-order valence-electron chi connectivity index (χ2n) is 5.65. The number of hydrogen-bond acceptors (Lipinski definition) is 3. The quantitative estimate of drug-likeness (QED) is 0.642. The molecule has 0 aliphatic heterocycles. The summed E-state index contributed by atoms with van der Waals surface area (Å²) in [4.78, 5) is 12.3. The summed E-state index contributed by atoms with van der Waals surface area (Å²) in [6.07, 6.45) is -2.94. The number of aromatic amines is 1. The smallest absolute Gasteiger partial charge is 0.416 e. The van der Waals surface area contributed by atoms with Gasteiger partial charge in [0.2, 0.25) is 0 Å². The van der Waals surface area contributed by atoms with Crippen LogP contribution in [0.1, 0.15) is 15.9 Å². The van der Waals surface area contributed by atoms with E-state index in [1.165, 1.54) is 18.3 Å². The van der Waals surface area contributed by atoms with Crippen LogP contribution < -0.4 is 10.1 Å². The second kappa shape index (κ2) is 7.94. The minimum atomic E-state index is -4.38. The highest BCUT2D eigenvalue weighted by Gasteiger charge is 2.30. The average Bonchev–Trinajstić information content (AvgIpc) is 3.15. The van der Waals surface area contributed by atoms with E-state index in [-0.39, 0.29) is 19.1 Å². The minimum Gasteiger partial charge on any atom is -0.492 e. The Labute approximate surface area is 153 Å². The van der Waals surface area contributed by atoms with Crippen LogP contribution in [-0.4, -0.2) is 29.3 Å². The number of hydrogen-bond donors (Lipinski definition) is 2. The number of H-pyrrole nitrogens is 1. The summed E-state index contributed by atoms with van der Waals surface area (Å²) in [5.74, 6) is -0.0239. The summed E-state index contributed by atoms with van der Waals surface area (Å²) in [6.45, 7) is 0.314. The summed E-state index contributed by atoms with van der Waals surface area (Å²) in [7, 11) is 0. The molecule has 3 rings (SSSR count). The lowest BCUT2D eigenvalue weighted by Gasteiger charge is -2.10. The van der Waals surface area contributed by atoms with E-state index < -0.39 is 11.7 Å².